The molecule has 4 rings (SSSR count). The zero-order valence-corrected chi connectivity index (χ0v) is 18.1. The zero-order valence-electron chi connectivity index (χ0n) is 18.1. The molecule has 0 radical (unpaired) electrons. The molecule has 0 aliphatic carbocycles. The van der Waals surface area contributed by atoms with E-state index in [-0.39, 0.29) is 34.1 Å². The van der Waals surface area contributed by atoms with Crippen molar-refractivity contribution in [3.8, 4) is 17.4 Å². The number of aromatic nitrogens is 4. The van der Waals surface area contributed by atoms with Crippen LogP contribution in [-0.2, 0) is 6.42 Å². The smallest absolute Gasteiger partial charge is 0.273 e. The molecule has 4 aromatic rings. The van der Waals surface area contributed by atoms with Crippen LogP contribution in [0.1, 0.15) is 34.1 Å². The van der Waals surface area contributed by atoms with E-state index in [1.807, 2.05) is 6.92 Å². The lowest BCUT2D eigenvalue weighted by molar-refractivity contribution is -0.385. The minimum atomic E-state index is -0.576. The van der Waals surface area contributed by atoms with Crippen LogP contribution in [0.15, 0.2) is 51.9 Å². The molecule has 3 aromatic heterocycles. The SMILES string of the molecule is CCc1c(C)nc(-n2nc(-c3ccco3)cc2NC(=O)c2cccc([N+](=O)[O-])c2C)[nH]c1=O. The molecule has 0 spiro atoms. The highest BCUT2D eigenvalue weighted by Crippen LogP contribution is 2.26. The van der Waals surface area contributed by atoms with E-state index in [1.165, 1.54) is 36.1 Å². The Morgan fingerprint density at radius 3 is 2.70 bits per heavy atom. The first kappa shape index (κ1) is 21.7. The van der Waals surface area contributed by atoms with Gasteiger partial charge < -0.3 is 9.73 Å². The molecule has 2 N–H and O–H groups in total. The van der Waals surface area contributed by atoms with Gasteiger partial charge in [0.2, 0.25) is 5.95 Å². The lowest BCUT2D eigenvalue weighted by atomic mass is 10.1. The lowest BCUT2D eigenvalue weighted by Gasteiger charge is -2.11. The molecular formula is C22H20N6O5. The highest BCUT2D eigenvalue weighted by atomic mass is 16.6. The summed E-state index contributed by atoms with van der Waals surface area (Å²) in [6.45, 7) is 5.08. The van der Waals surface area contributed by atoms with Crippen LogP contribution in [0.4, 0.5) is 11.5 Å². The molecule has 0 unspecified atom stereocenters. The molecule has 11 heteroatoms. The molecule has 168 valence electrons. The van der Waals surface area contributed by atoms with E-state index in [4.69, 9.17) is 4.42 Å². The van der Waals surface area contributed by atoms with Gasteiger partial charge in [-0.3, -0.25) is 24.7 Å². The molecule has 33 heavy (non-hydrogen) atoms. The number of rotatable bonds is 6. The van der Waals surface area contributed by atoms with Crippen LogP contribution in [0.25, 0.3) is 17.4 Å². The molecule has 3 heterocycles. The number of nitro benzene ring substituents is 1. The number of nitrogens with zero attached hydrogens (tertiary/aromatic N) is 4. The van der Waals surface area contributed by atoms with Crippen molar-refractivity contribution < 1.29 is 14.1 Å². The van der Waals surface area contributed by atoms with Crippen molar-refractivity contribution in [3.63, 3.8) is 0 Å². The maximum atomic E-state index is 13.0. The topological polar surface area (TPSA) is 149 Å². The molecule has 0 atom stereocenters. The minimum absolute atomic E-state index is 0.110. The molecule has 0 saturated heterocycles. The summed E-state index contributed by atoms with van der Waals surface area (Å²) in [6, 6.07) is 9.22. The van der Waals surface area contributed by atoms with Crippen LogP contribution in [0, 0.1) is 24.0 Å². The Kier molecular flexibility index (Phi) is 5.61. The first-order valence-corrected chi connectivity index (χ1v) is 10.1. The number of H-pyrrole nitrogens is 1. The maximum Gasteiger partial charge on any atom is 0.273 e. The molecule has 11 nitrogen and oxygen atoms in total. The fourth-order valence-electron chi connectivity index (χ4n) is 3.54. The third-order valence-electron chi connectivity index (χ3n) is 5.24. The van der Waals surface area contributed by atoms with Crippen molar-refractivity contribution in [2.45, 2.75) is 27.2 Å². The summed E-state index contributed by atoms with van der Waals surface area (Å²) >= 11 is 0. The van der Waals surface area contributed by atoms with Crippen molar-refractivity contribution in [2.75, 3.05) is 5.32 Å². The van der Waals surface area contributed by atoms with Crippen LogP contribution < -0.4 is 10.9 Å². The monoisotopic (exact) mass is 448 g/mol. The molecule has 0 saturated carbocycles. The molecule has 0 fully saturated rings. The van der Waals surface area contributed by atoms with Gasteiger partial charge >= 0.3 is 0 Å². The lowest BCUT2D eigenvalue weighted by Crippen LogP contribution is -2.22. The number of aromatic amines is 1. The van der Waals surface area contributed by atoms with E-state index in [2.05, 4.69) is 20.4 Å². The van der Waals surface area contributed by atoms with Gasteiger partial charge in [0.05, 0.1) is 11.2 Å². The Balaban J connectivity index is 1.80. The standard InChI is InChI=1S/C22H20N6O5/c1-4-14-13(3)23-22(25-20(14)29)27-19(11-16(26-27)18-9-6-10-33-18)24-21(30)15-7-5-8-17(12(15)2)28(31)32/h5-11H,4H2,1-3H3,(H,24,30)(H,23,25,29). The third kappa shape index (κ3) is 4.03. The maximum absolute atomic E-state index is 13.0. The van der Waals surface area contributed by atoms with E-state index in [9.17, 15) is 19.7 Å². The third-order valence-corrected chi connectivity index (χ3v) is 5.24. The summed E-state index contributed by atoms with van der Waals surface area (Å²) in [5, 5.41) is 18.4. The number of anilines is 1. The van der Waals surface area contributed by atoms with Gasteiger partial charge in [0, 0.05) is 34.5 Å². The minimum Gasteiger partial charge on any atom is -0.463 e. The summed E-state index contributed by atoms with van der Waals surface area (Å²) < 4.78 is 6.69. The molecule has 1 aromatic carbocycles. The largest absolute Gasteiger partial charge is 0.463 e. The number of benzene rings is 1. The first-order valence-electron chi connectivity index (χ1n) is 10.1. The van der Waals surface area contributed by atoms with Gasteiger partial charge in [-0.25, -0.2) is 4.98 Å². The summed E-state index contributed by atoms with van der Waals surface area (Å²) in [4.78, 5) is 43.4. The number of nitro groups is 1. The summed E-state index contributed by atoms with van der Waals surface area (Å²) in [7, 11) is 0. The van der Waals surface area contributed by atoms with Crippen molar-refractivity contribution in [1.82, 2.24) is 19.7 Å². The van der Waals surface area contributed by atoms with Crippen molar-refractivity contribution in [2.24, 2.45) is 0 Å². The van der Waals surface area contributed by atoms with Crippen LogP contribution in [0.2, 0.25) is 0 Å². The van der Waals surface area contributed by atoms with Gasteiger partial charge in [0.15, 0.2) is 5.76 Å². The van der Waals surface area contributed by atoms with Gasteiger partial charge in [-0.1, -0.05) is 13.0 Å². The average Bonchev–Trinajstić information content (AvgIpc) is 3.43. The second kappa shape index (κ2) is 8.54. The second-order valence-corrected chi connectivity index (χ2v) is 7.27. The number of carbonyl (C=O) groups is 1. The van der Waals surface area contributed by atoms with Crippen LogP contribution >= 0.6 is 0 Å². The summed E-state index contributed by atoms with van der Waals surface area (Å²) in [5.74, 6) is 0.176. The zero-order chi connectivity index (χ0) is 23.7. The number of nitrogens with one attached hydrogen (secondary N) is 2. The molecule has 1 amide bonds. The summed E-state index contributed by atoms with van der Waals surface area (Å²) in [6.07, 6.45) is 2.00. The Morgan fingerprint density at radius 1 is 1.27 bits per heavy atom. The van der Waals surface area contributed by atoms with E-state index in [0.29, 0.717) is 29.1 Å². The predicted octanol–water partition coefficient (Wildman–Crippen LogP) is 3.56. The number of aryl methyl sites for hydroxylation is 1. The molecule has 0 bridgehead atoms. The van der Waals surface area contributed by atoms with Gasteiger partial charge in [0.1, 0.15) is 11.5 Å². The van der Waals surface area contributed by atoms with E-state index in [0.717, 1.165) is 0 Å². The van der Waals surface area contributed by atoms with Gasteiger partial charge in [-0.2, -0.15) is 9.78 Å². The first-order chi connectivity index (χ1) is 15.8. The van der Waals surface area contributed by atoms with Gasteiger partial charge in [-0.15, -0.1) is 0 Å². The number of furan rings is 1. The van der Waals surface area contributed by atoms with Crippen molar-refractivity contribution in [3.05, 3.63) is 85.5 Å². The van der Waals surface area contributed by atoms with Crippen LogP contribution in [-0.4, -0.2) is 30.6 Å². The van der Waals surface area contributed by atoms with Crippen LogP contribution in [0.5, 0.6) is 0 Å². The molecule has 0 aliphatic rings. The van der Waals surface area contributed by atoms with Crippen molar-refractivity contribution in [1.29, 1.82) is 0 Å². The van der Waals surface area contributed by atoms with E-state index < -0.39 is 10.8 Å². The number of carbonyl (C=O) groups excluding carboxylic acids is 1. The quantitative estimate of drug-likeness (QED) is 0.338. The number of hydrogen-bond acceptors (Lipinski definition) is 7. The fraction of sp³-hybridized carbons (Fsp3) is 0.182. The van der Waals surface area contributed by atoms with E-state index >= 15 is 0 Å². The predicted molar refractivity (Wildman–Crippen MR) is 120 cm³/mol. The highest BCUT2D eigenvalue weighted by molar-refractivity contribution is 6.05. The average molecular weight is 448 g/mol. The number of amides is 1. The Morgan fingerprint density at radius 2 is 2.06 bits per heavy atom. The molecule has 0 aliphatic heterocycles. The van der Waals surface area contributed by atoms with Crippen molar-refractivity contribution >= 4 is 17.4 Å². The molecular weight excluding hydrogens is 428 g/mol. The number of hydrogen-bond donors (Lipinski definition) is 2. The Labute approximate surface area is 187 Å². The Bertz CT molecular complexity index is 1420. The van der Waals surface area contributed by atoms with E-state index in [1.54, 1.807) is 25.1 Å². The summed E-state index contributed by atoms with van der Waals surface area (Å²) in [5.41, 5.74) is 1.38. The second-order valence-electron chi connectivity index (χ2n) is 7.27. The van der Waals surface area contributed by atoms with Crippen LogP contribution in [0.3, 0.4) is 0 Å². The fourth-order valence-corrected chi connectivity index (χ4v) is 3.54. The van der Waals surface area contributed by atoms with Gasteiger partial charge in [0.25, 0.3) is 17.2 Å². The Hall–Kier alpha value is -4.54. The highest BCUT2D eigenvalue weighted by Gasteiger charge is 2.22. The normalized spacial score (nSPS) is 10.9. The van der Waals surface area contributed by atoms with Gasteiger partial charge in [-0.05, 0) is 38.5 Å².